The van der Waals surface area contributed by atoms with Gasteiger partial charge < -0.3 is 9.72 Å². The summed E-state index contributed by atoms with van der Waals surface area (Å²) >= 11 is 0. The zero-order valence-electron chi connectivity index (χ0n) is 13.2. The number of hydrogen-bond acceptors (Lipinski definition) is 2. The van der Waals surface area contributed by atoms with Crippen molar-refractivity contribution in [1.29, 1.82) is 0 Å². The summed E-state index contributed by atoms with van der Waals surface area (Å²) in [5.74, 6) is 0.0410. The van der Waals surface area contributed by atoms with Gasteiger partial charge in [0, 0.05) is 23.6 Å². The minimum absolute atomic E-state index is 0.0410. The lowest BCUT2D eigenvalue weighted by molar-refractivity contribution is 0.0929. The summed E-state index contributed by atoms with van der Waals surface area (Å²) in [4.78, 5) is 17.4. The minimum atomic E-state index is 0.0410. The molecule has 0 unspecified atom stereocenters. The van der Waals surface area contributed by atoms with E-state index in [2.05, 4.69) is 16.6 Å². The highest BCUT2D eigenvalue weighted by atomic mass is 16.1. The second kappa shape index (κ2) is 5.41. The van der Waals surface area contributed by atoms with Crippen LogP contribution in [0.5, 0.6) is 0 Å². The van der Waals surface area contributed by atoms with Crippen LogP contribution >= 0.6 is 0 Å². The number of carbonyl (C=O) groups is 1. The largest absolute Gasteiger partial charge is 0.349 e. The van der Waals surface area contributed by atoms with Gasteiger partial charge in [-0.1, -0.05) is 19.3 Å². The Bertz CT molecular complexity index is 725. The van der Waals surface area contributed by atoms with Crippen molar-refractivity contribution in [3.63, 3.8) is 0 Å². The molecule has 2 aliphatic carbocycles. The Labute approximate surface area is 130 Å². The van der Waals surface area contributed by atoms with E-state index in [9.17, 15) is 4.79 Å². The average Bonchev–Trinajstić information content (AvgIpc) is 3.14. The molecule has 2 aromatic heterocycles. The van der Waals surface area contributed by atoms with E-state index in [0.717, 1.165) is 42.6 Å². The van der Waals surface area contributed by atoms with Crippen LogP contribution in [-0.2, 0) is 12.8 Å². The Morgan fingerprint density at radius 2 is 2.05 bits per heavy atom. The first kappa shape index (κ1) is 13.8. The van der Waals surface area contributed by atoms with Gasteiger partial charge in [-0.05, 0) is 50.7 Å². The van der Waals surface area contributed by atoms with Gasteiger partial charge in [0.15, 0.2) is 0 Å². The van der Waals surface area contributed by atoms with Crippen LogP contribution in [0.1, 0.15) is 65.8 Å². The third kappa shape index (κ3) is 2.21. The smallest absolute Gasteiger partial charge is 0.255 e. The van der Waals surface area contributed by atoms with Crippen LogP contribution in [0, 0.1) is 6.92 Å². The second-order valence-corrected chi connectivity index (χ2v) is 6.71. The van der Waals surface area contributed by atoms with E-state index in [1.807, 2.05) is 12.3 Å². The van der Waals surface area contributed by atoms with Crippen molar-refractivity contribution < 1.29 is 4.79 Å². The lowest BCUT2D eigenvalue weighted by Crippen LogP contribution is -2.36. The summed E-state index contributed by atoms with van der Waals surface area (Å²) in [5, 5.41) is 3.21. The number of aryl methyl sites for hydroxylation is 2. The van der Waals surface area contributed by atoms with E-state index in [0.29, 0.717) is 6.04 Å². The van der Waals surface area contributed by atoms with Crippen LogP contribution in [-0.4, -0.2) is 21.3 Å². The maximum atomic E-state index is 12.6. The summed E-state index contributed by atoms with van der Waals surface area (Å²) in [7, 11) is 0. The van der Waals surface area contributed by atoms with Crippen molar-refractivity contribution in [2.75, 3.05) is 0 Å². The van der Waals surface area contributed by atoms with Crippen molar-refractivity contribution in [2.45, 2.75) is 64.3 Å². The fourth-order valence-electron chi connectivity index (χ4n) is 4.05. The molecule has 0 aliphatic heterocycles. The highest BCUT2D eigenvalue weighted by Gasteiger charge is 2.23. The van der Waals surface area contributed by atoms with Gasteiger partial charge in [0.25, 0.3) is 5.91 Å². The SMILES string of the molecule is Cc1nc2c(C(=O)NC3CCCCC3)ccn2c2c1CCC2. The number of carbonyl (C=O) groups excluding carboxylic acids is 1. The van der Waals surface area contributed by atoms with Gasteiger partial charge in [0.1, 0.15) is 5.65 Å². The predicted octanol–water partition coefficient (Wildman–Crippen LogP) is 3.19. The number of hydrogen-bond donors (Lipinski definition) is 1. The lowest BCUT2D eigenvalue weighted by Gasteiger charge is -2.22. The van der Waals surface area contributed by atoms with Gasteiger partial charge in [0.2, 0.25) is 0 Å². The molecule has 2 aliphatic rings. The fraction of sp³-hybridized carbons (Fsp3) is 0.556. The maximum absolute atomic E-state index is 12.6. The van der Waals surface area contributed by atoms with E-state index in [-0.39, 0.29) is 5.91 Å². The zero-order chi connectivity index (χ0) is 15.1. The first-order chi connectivity index (χ1) is 10.7. The summed E-state index contributed by atoms with van der Waals surface area (Å²) in [6.45, 7) is 2.07. The molecule has 2 heterocycles. The van der Waals surface area contributed by atoms with Crippen molar-refractivity contribution >= 4 is 11.6 Å². The molecule has 1 saturated carbocycles. The Kier molecular flexibility index (Phi) is 3.40. The Hall–Kier alpha value is -1.84. The van der Waals surface area contributed by atoms with E-state index < -0.39 is 0 Å². The number of amides is 1. The third-order valence-electron chi connectivity index (χ3n) is 5.23. The number of aromatic nitrogens is 2. The minimum Gasteiger partial charge on any atom is -0.349 e. The number of nitrogens with zero attached hydrogens (tertiary/aromatic N) is 2. The van der Waals surface area contributed by atoms with E-state index in [4.69, 9.17) is 4.98 Å². The summed E-state index contributed by atoms with van der Waals surface area (Å²) in [6.07, 6.45) is 11.4. The first-order valence-electron chi connectivity index (χ1n) is 8.54. The Morgan fingerprint density at radius 3 is 2.86 bits per heavy atom. The van der Waals surface area contributed by atoms with Gasteiger partial charge >= 0.3 is 0 Å². The second-order valence-electron chi connectivity index (χ2n) is 6.71. The quantitative estimate of drug-likeness (QED) is 0.925. The van der Waals surface area contributed by atoms with Crippen LogP contribution in [0.25, 0.3) is 5.65 Å². The van der Waals surface area contributed by atoms with E-state index in [1.54, 1.807) is 0 Å². The molecule has 22 heavy (non-hydrogen) atoms. The fourth-order valence-corrected chi connectivity index (χ4v) is 4.05. The molecule has 0 spiro atoms. The van der Waals surface area contributed by atoms with E-state index >= 15 is 0 Å². The molecule has 0 aromatic carbocycles. The molecule has 0 bridgehead atoms. The predicted molar refractivity (Wildman–Crippen MR) is 86.3 cm³/mol. The number of nitrogens with one attached hydrogen (secondary N) is 1. The molecule has 116 valence electrons. The van der Waals surface area contributed by atoms with Crippen molar-refractivity contribution in [2.24, 2.45) is 0 Å². The standard InChI is InChI=1S/C18H23N3O/c1-12-14-8-5-9-16(14)21-11-10-15(17(21)19-12)18(22)20-13-6-3-2-4-7-13/h10-11,13H,2-9H2,1H3,(H,20,22). The molecule has 2 aromatic rings. The Balaban J connectivity index is 1.67. The van der Waals surface area contributed by atoms with Gasteiger partial charge in [-0.25, -0.2) is 4.98 Å². The van der Waals surface area contributed by atoms with Crippen molar-refractivity contribution in [3.05, 3.63) is 34.8 Å². The highest BCUT2D eigenvalue weighted by Crippen LogP contribution is 2.27. The maximum Gasteiger partial charge on any atom is 0.255 e. The molecule has 1 fully saturated rings. The van der Waals surface area contributed by atoms with Gasteiger partial charge in [-0.3, -0.25) is 4.79 Å². The first-order valence-corrected chi connectivity index (χ1v) is 8.54. The summed E-state index contributed by atoms with van der Waals surface area (Å²) < 4.78 is 2.13. The molecule has 4 nitrogen and oxygen atoms in total. The molecular weight excluding hydrogens is 274 g/mol. The normalized spacial score (nSPS) is 18.6. The highest BCUT2D eigenvalue weighted by molar-refractivity contribution is 6.00. The van der Waals surface area contributed by atoms with Crippen LogP contribution in [0.4, 0.5) is 0 Å². The monoisotopic (exact) mass is 297 g/mol. The molecule has 4 heteroatoms. The molecule has 1 N–H and O–H groups in total. The summed E-state index contributed by atoms with van der Waals surface area (Å²) in [5.41, 5.74) is 5.36. The van der Waals surface area contributed by atoms with Gasteiger partial charge in [0.05, 0.1) is 5.56 Å². The van der Waals surface area contributed by atoms with E-state index in [1.165, 1.54) is 36.9 Å². The molecule has 0 saturated heterocycles. The van der Waals surface area contributed by atoms with Crippen LogP contribution in [0.2, 0.25) is 0 Å². The lowest BCUT2D eigenvalue weighted by atomic mass is 9.95. The van der Waals surface area contributed by atoms with Crippen molar-refractivity contribution in [1.82, 2.24) is 14.7 Å². The molecule has 1 amide bonds. The topological polar surface area (TPSA) is 46.4 Å². The molecular formula is C18H23N3O. The van der Waals surface area contributed by atoms with Gasteiger partial charge in [-0.2, -0.15) is 0 Å². The third-order valence-corrected chi connectivity index (χ3v) is 5.23. The zero-order valence-corrected chi connectivity index (χ0v) is 13.2. The van der Waals surface area contributed by atoms with Crippen LogP contribution < -0.4 is 5.32 Å². The van der Waals surface area contributed by atoms with Crippen molar-refractivity contribution in [3.8, 4) is 0 Å². The number of fused-ring (bicyclic) bond motifs is 3. The molecule has 0 atom stereocenters. The number of rotatable bonds is 2. The van der Waals surface area contributed by atoms with Crippen LogP contribution in [0.15, 0.2) is 12.3 Å². The molecule has 4 rings (SSSR count). The average molecular weight is 297 g/mol. The summed E-state index contributed by atoms with van der Waals surface area (Å²) in [6, 6.07) is 2.27. The molecule has 0 radical (unpaired) electrons. The van der Waals surface area contributed by atoms with Gasteiger partial charge in [-0.15, -0.1) is 0 Å². The Morgan fingerprint density at radius 1 is 1.23 bits per heavy atom. The van der Waals surface area contributed by atoms with Crippen LogP contribution in [0.3, 0.4) is 0 Å².